The molecule has 3 aromatic carbocycles. The average Bonchev–Trinajstić information content (AvgIpc) is 3.05. The number of rotatable bonds is 3. The first kappa shape index (κ1) is 18.6. The zero-order valence-corrected chi connectivity index (χ0v) is 16.2. The fourth-order valence-electron chi connectivity index (χ4n) is 3.73. The van der Waals surface area contributed by atoms with Crippen molar-refractivity contribution >= 4 is 11.8 Å². The quantitative estimate of drug-likeness (QED) is 0.519. The predicted octanol–water partition coefficient (Wildman–Crippen LogP) is 4.47. The Morgan fingerprint density at radius 2 is 1.69 bits per heavy atom. The number of anilines is 1. The second kappa shape index (κ2) is 8.12. The molecule has 4 nitrogen and oxygen atoms in total. The third-order valence-corrected chi connectivity index (χ3v) is 5.14. The molecule has 0 heterocycles. The number of amides is 1. The largest absolute Gasteiger partial charge is 0.449 e. The van der Waals surface area contributed by atoms with Gasteiger partial charge in [-0.25, -0.2) is 4.79 Å². The molecule has 29 heavy (non-hydrogen) atoms. The predicted molar refractivity (Wildman–Crippen MR) is 116 cm³/mol. The summed E-state index contributed by atoms with van der Waals surface area (Å²) in [5.74, 6) is 6.04. The number of carbonyl (C=O) groups excluding carboxylic acids is 1. The molecule has 0 spiro atoms. The summed E-state index contributed by atoms with van der Waals surface area (Å²) in [4.78, 5) is 12.1. The molecule has 3 N–H and O–H groups in total. The number of nitrogens with two attached hydrogens (primary N) is 1. The highest BCUT2D eigenvalue weighted by atomic mass is 16.5. The molecule has 0 atom stereocenters. The van der Waals surface area contributed by atoms with E-state index >= 15 is 0 Å². The van der Waals surface area contributed by atoms with Gasteiger partial charge >= 0.3 is 6.09 Å². The van der Waals surface area contributed by atoms with Gasteiger partial charge in [0.2, 0.25) is 0 Å². The molecule has 0 unspecified atom stereocenters. The van der Waals surface area contributed by atoms with Gasteiger partial charge in [-0.3, -0.25) is 0 Å². The Morgan fingerprint density at radius 1 is 1.03 bits per heavy atom. The van der Waals surface area contributed by atoms with E-state index < -0.39 is 6.09 Å². The minimum Gasteiger partial charge on any atom is -0.449 e. The molecule has 0 aromatic heterocycles. The number of fused-ring (bicyclic) bond motifs is 3. The highest BCUT2D eigenvalue weighted by molar-refractivity contribution is 5.79. The van der Waals surface area contributed by atoms with Crippen molar-refractivity contribution in [1.82, 2.24) is 5.32 Å². The number of hydrogen-bond donors (Lipinski definition) is 2. The molecule has 0 radical (unpaired) electrons. The van der Waals surface area contributed by atoms with E-state index in [4.69, 9.17) is 10.5 Å². The van der Waals surface area contributed by atoms with Crippen molar-refractivity contribution in [3.63, 3.8) is 0 Å². The van der Waals surface area contributed by atoms with Gasteiger partial charge in [0.05, 0.1) is 6.54 Å². The Balaban J connectivity index is 1.35. The maximum absolute atomic E-state index is 12.1. The summed E-state index contributed by atoms with van der Waals surface area (Å²) in [7, 11) is 0. The summed E-state index contributed by atoms with van der Waals surface area (Å²) < 4.78 is 5.50. The van der Waals surface area contributed by atoms with Gasteiger partial charge in [0.15, 0.2) is 0 Å². The Labute approximate surface area is 170 Å². The van der Waals surface area contributed by atoms with Gasteiger partial charge in [0.25, 0.3) is 0 Å². The lowest BCUT2D eigenvalue weighted by Crippen LogP contribution is -2.26. The molecular weight excluding hydrogens is 360 g/mol. The SMILES string of the molecule is Cc1cc(N)ccc1C#CCNC(=O)OCC1c2ccccc2-c2ccccc21. The van der Waals surface area contributed by atoms with Crippen LogP contribution < -0.4 is 11.1 Å². The van der Waals surface area contributed by atoms with Crippen LogP contribution in [-0.2, 0) is 4.74 Å². The van der Waals surface area contributed by atoms with Crippen LogP contribution >= 0.6 is 0 Å². The van der Waals surface area contributed by atoms with Gasteiger partial charge in [0.1, 0.15) is 6.61 Å². The van der Waals surface area contributed by atoms with Gasteiger partial charge in [-0.2, -0.15) is 0 Å². The van der Waals surface area contributed by atoms with E-state index in [1.165, 1.54) is 22.3 Å². The van der Waals surface area contributed by atoms with Crippen LogP contribution in [0.25, 0.3) is 11.1 Å². The molecular formula is C25H22N2O2. The number of alkyl carbamates (subject to hydrolysis) is 1. The molecule has 3 aromatic rings. The number of aryl methyl sites for hydroxylation is 1. The molecule has 0 aliphatic heterocycles. The maximum Gasteiger partial charge on any atom is 0.407 e. The summed E-state index contributed by atoms with van der Waals surface area (Å²) in [6.45, 7) is 2.48. The van der Waals surface area contributed by atoms with E-state index in [2.05, 4.69) is 41.4 Å². The van der Waals surface area contributed by atoms with Gasteiger partial charge in [-0.05, 0) is 52.9 Å². The van der Waals surface area contributed by atoms with Crippen LogP contribution in [0.5, 0.6) is 0 Å². The summed E-state index contributed by atoms with van der Waals surface area (Å²) in [6, 6.07) is 22.1. The minimum absolute atomic E-state index is 0.0525. The van der Waals surface area contributed by atoms with E-state index in [0.29, 0.717) is 12.3 Å². The monoisotopic (exact) mass is 382 g/mol. The van der Waals surface area contributed by atoms with E-state index in [1.54, 1.807) is 0 Å². The van der Waals surface area contributed by atoms with Gasteiger partial charge in [0, 0.05) is 17.2 Å². The summed E-state index contributed by atoms with van der Waals surface area (Å²) in [5.41, 5.74) is 13.2. The molecule has 144 valence electrons. The van der Waals surface area contributed by atoms with Gasteiger partial charge in [-0.1, -0.05) is 60.4 Å². The lowest BCUT2D eigenvalue weighted by Gasteiger charge is -2.14. The fourth-order valence-corrected chi connectivity index (χ4v) is 3.73. The lowest BCUT2D eigenvalue weighted by molar-refractivity contribution is 0.144. The zero-order chi connectivity index (χ0) is 20.2. The van der Waals surface area contributed by atoms with Crippen molar-refractivity contribution in [2.45, 2.75) is 12.8 Å². The first-order valence-corrected chi connectivity index (χ1v) is 9.57. The number of benzene rings is 3. The fraction of sp³-hybridized carbons (Fsp3) is 0.160. The van der Waals surface area contributed by atoms with Crippen molar-refractivity contribution < 1.29 is 9.53 Å². The Kier molecular flexibility index (Phi) is 5.22. The van der Waals surface area contributed by atoms with Crippen molar-refractivity contribution in [2.24, 2.45) is 0 Å². The van der Waals surface area contributed by atoms with Crippen LogP contribution in [0.3, 0.4) is 0 Å². The van der Waals surface area contributed by atoms with Crippen LogP contribution in [-0.4, -0.2) is 19.2 Å². The van der Waals surface area contributed by atoms with E-state index in [1.807, 2.05) is 49.4 Å². The number of carbonyl (C=O) groups is 1. The normalized spacial score (nSPS) is 11.8. The first-order valence-electron chi connectivity index (χ1n) is 9.57. The topological polar surface area (TPSA) is 64.3 Å². The molecule has 4 rings (SSSR count). The van der Waals surface area contributed by atoms with Gasteiger partial charge < -0.3 is 15.8 Å². The van der Waals surface area contributed by atoms with Crippen LogP contribution in [0.2, 0.25) is 0 Å². The Bertz CT molecular complexity index is 1080. The molecule has 0 saturated heterocycles. The molecule has 1 aliphatic carbocycles. The van der Waals surface area contributed by atoms with Crippen molar-refractivity contribution in [3.8, 4) is 23.0 Å². The number of hydrogen-bond acceptors (Lipinski definition) is 3. The van der Waals surface area contributed by atoms with E-state index in [-0.39, 0.29) is 12.5 Å². The minimum atomic E-state index is -0.463. The van der Waals surface area contributed by atoms with Crippen LogP contribution in [0.4, 0.5) is 10.5 Å². The highest BCUT2D eigenvalue weighted by Crippen LogP contribution is 2.44. The van der Waals surface area contributed by atoms with Crippen molar-refractivity contribution in [1.29, 1.82) is 0 Å². The van der Waals surface area contributed by atoms with E-state index in [0.717, 1.165) is 11.1 Å². The standard InChI is InChI=1S/C25H22N2O2/c1-17-15-19(26)13-12-18(17)7-6-14-27-25(28)29-16-24-22-10-4-2-8-20(22)21-9-3-5-11-23(21)24/h2-5,8-13,15,24H,14,16,26H2,1H3,(H,27,28). The molecule has 4 heteroatoms. The van der Waals surface area contributed by atoms with Crippen LogP contribution in [0, 0.1) is 18.8 Å². The molecule has 1 amide bonds. The summed E-state index contributed by atoms with van der Waals surface area (Å²) >= 11 is 0. The number of ether oxygens (including phenoxy) is 1. The summed E-state index contributed by atoms with van der Waals surface area (Å²) in [6.07, 6.45) is -0.463. The Hall–Kier alpha value is -3.71. The first-order chi connectivity index (χ1) is 14.1. The van der Waals surface area contributed by atoms with E-state index in [9.17, 15) is 4.79 Å². The average molecular weight is 382 g/mol. The smallest absolute Gasteiger partial charge is 0.407 e. The molecule has 0 fully saturated rings. The maximum atomic E-state index is 12.1. The van der Waals surface area contributed by atoms with Crippen molar-refractivity contribution in [3.05, 3.63) is 89.0 Å². The van der Waals surface area contributed by atoms with Crippen molar-refractivity contribution in [2.75, 3.05) is 18.9 Å². The summed E-state index contributed by atoms with van der Waals surface area (Å²) in [5, 5.41) is 2.70. The third kappa shape index (κ3) is 3.95. The second-order valence-corrected chi connectivity index (χ2v) is 7.06. The van der Waals surface area contributed by atoms with Crippen LogP contribution in [0.15, 0.2) is 66.7 Å². The molecule has 0 bridgehead atoms. The second-order valence-electron chi connectivity index (χ2n) is 7.06. The highest BCUT2D eigenvalue weighted by Gasteiger charge is 2.28. The lowest BCUT2D eigenvalue weighted by atomic mass is 9.98. The number of nitrogen functional groups attached to an aromatic ring is 1. The van der Waals surface area contributed by atoms with Crippen LogP contribution in [0.1, 0.15) is 28.2 Å². The van der Waals surface area contributed by atoms with Gasteiger partial charge in [-0.15, -0.1) is 0 Å². The number of nitrogens with one attached hydrogen (secondary N) is 1. The molecule has 1 aliphatic rings. The zero-order valence-electron chi connectivity index (χ0n) is 16.2. The third-order valence-electron chi connectivity index (χ3n) is 5.14. The Morgan fingerprint density at radius 3 is 2.34 bits per heavy atom. The molecule has 0 saturated carbocycles.